The number of nitrogens with zero attached hydrogens (tertiary/aromatic N) is 1. The van der Waals surface area contributed by atoms with Gasteiger partial charge in [-0.1, -0.05) is 61.9 Å². The monoisotopic (exact) mass is 447 g/mol. The van der Waals surface area contributed by atoms with Crippen LogP contribution in [0.3, 0.4) is 0 Å². The first-order valence-electron chi connectivity index (χ1n) is 13.3. The van der Waals surface area contributed by atoms with Crippen LogP contribution >= 0.6 is 0 Å². The van der Waals surface area contributed by atoms with Gasteiger partial charge in [0.15, 0.2) is 5.83 Å². The van der Waals surface area contributed by atoms with Crippen LogP contribution in [0, 0.1) is 29.1 Å². The second kappa shape index (κ2) is 13.5. The zero-order chi connectivity index (χ0) is 23.5. The first-order valence-corrected chi connectivity index (χ1v) is 13.3. The fourth-order valence-electron chi connectivity index (χ4n) is 5.91. The van der Waals surface area contributed by atoms with Crippen LogP contribution < -0.4 is 0 Å². The molecular weight excluding hydrogens is 405 g/mol. The van der Waals surface area contributed by atoms with Gasteiger partial charge in [0, 0.05) is 0 Å². The van der Waals surface area contributed by atoms with Gasteiger partial charge in [-0.2, -0.15) is 9.65 Å². The molecule has 2 aliphatic rings. The van der Waals surface area contributed by atoms with Gasteiger partial charge in [-0.3, -0.25) is 0 Å². The lowest BCUT2D eigenvalue weighted by Crippen LogP contribution is -2.22. The zero-order valence-corrected chi connectivity index (χ0v) is 20.6. The lowest BCUT2D eigenvalue weighted by atomic mass is 9.69. The van der Waals surface area contributed by atoms with E-state index in [4.69, 9.17) is 5.26 Å². The summed E-state index contributed by atoms with van der Waals surface area (Å²) in [6.07, 6.45) is 21.2. The van der Waals surface area contributed by atoms with E-state index in [0.717, 1.165) is 24.2 Å². The second-order valence-corrected chi connectivity index (χ2v) is 10.3. The number of unbranched alkanes of at least 4 members (excludes halogenated alkanes) is 1. The van der Waals surface area contributed by atoms with Gasteiger partial charge in [-0.25, -0.2) is 0 Å². The molecule has 0 N–H and O–H groups in total. The summed E-state index contributed by atoms with van der Waals surface area (Å²) in [5.74, 6) is 2.22. The Morgan fingerprint density at radius 3 is 2.27 bits per heavy atom. The van der Waals surface area contributed by atoms with Crippen molar-refractivity contribution in [1.82, 2.24) is 0 Å². The molecule has 2 fully saturated rings. The van der Waals surface area contributed by atoms with Crippen LogP contribution in [-0.4, -0.2) is 0 Å². The van der Waals surface area contributed by atoms with Crippen molar-refractivity contribution in [2.45, 2.75) is 96.3 Å². The number of nitriles is 1. The van der Waals surface area contributed by atoms with Crippen molar-refractivity contribution >= 4 is 0 Å². The summed E-state index contributed by atoms with van der Waals surface area (Å²) >= 11 is 0. The Bertz CT molecular complexity index is 825. The summed E-state index contributed by atoms with van der Waals surface area (Å²) in [6.45, 7) is 6.85. The third-order valence-corrected chi connectivity index (χ3v) is 8.12. The lowest BCUT2D eigenvalue weighted by molar-refractivity contribution is 0.260. The molecule has 0 amide bonds. The number of rotatable bonds is 10. The summed E-state index contributed by atoms with van der Waals surface area (Å²) in [4.78, 5) is 0. The summed E-state index contributed by atoms with van der Waals surface area (Å²) in [5, 5.41) is 8.42. The van der Waals surface area contributed by atoms with Gasteiger partial charge >= 0.3 is 0 Å². The molecule has 1 nitrogen and oxygen atoms in total. The predicted octanol–water partition coefficient (Wildman–Crippen LogP) is 9.38. The van der Waals surface area contributed by atoms with Gasteiger partial charge < -0.3 is 0 Å². The molecule has 1 aromatic rings. The third-order valence-electron chi connectivity index (χ3n) is 8.12. The molecule has 1 aromatic carbocycles. The molecule has 0 radical (unpaired) electrons. The van der Waals surface area contributed by atoms with E-state index in [0.29, 0.717) is 5.92 Å². The molecule has 0 heterocycles. The maximum atomic E-state index is 12.8. The highest BCUT2D eigenvalue weighted by Crippen LogP contribution is 2.44. The molecule has 0 aliphatic heterocycles. The molecule has 0 saturated heterocycles. The van der Waals surface area contributed by atoms with Gasteiger partial charge in [-0.05, 0) is 118 Å². The smallest absolute Gasteiger partial charge is 0.195 e. The molecule has 3 rings (SSSR count). The minimum atomic E-state index is -0.723. The molecular formula is C31H42FN. The number of hydrogen-bond acceptors (Lipinski definition) is 1. The molecule has 2 saturated carbocycles. The van der Waals surface area contributed by atoms with Crippen LogP contribution in [0.25, 0.3) is 0 Å². The average molecular weight is 448 g/mol. The molecule has 178 valence electrons. The Morgan fingerprint density at radius 1 is 1.03 bits per heavy atom. The van der Waals surface area contributed by atoms with E-state index in [1.165, 1.54) is 94.8 Å². The molecule has 0 spiro atoms. The molecule has 0 aromatic heterocycles. The van der Waals surface area contributed by atoms with Gasteiger partial charge in [0.05, 0.1) is 0 Å². The van der Waals surface area contributed by atoms with Crippen LogP contribution in [0.4, 0.5) is 4.39 Å². The standard InChI is InChI=1S/C31H42FN/c1-3-4-8-25-13-17-29(18-14-25)30-21-19-28(20-22-30)24(2)27-15-11-26(12-16-27)9-6-5-7-10-31(32)23-33/h5,7,10,13-14,17-18,26-28,30H,2-4,6,8-9,11-12,15-16,19-22H2,1H3. The second-order valence-electron chi connectivity index (χ2n) is 10.3. The van der Waals surface area contributed by atoms with Crippen molar-refractivity contribution in [3.8, 4) is 6.07 Å². The van der Waals surface area contributed by atoms with Crippen molar-refractivity contribution in [2.75, 3.05) is 0 Å². The van der Waals surface area contributed by atoms with Crippen molar-refractivity contribution in [3.05, 3.63) is 71.6 Å². The van der Waals surface area contributed by atoms with E-state index in [1.54, 1.807) is 17.2 Å². The minimum Gasteiger partial charge on any atom is -0.195 e. The fraction of sp³-hybridized carbons (Fsp3) is 0.581. The first-order chi connectivity index (χ1) is 16.1. The number of halogens is 1. The van der Waals surface area contributed by atoms with Crippen molar-refractivity contribution < 1.29 is 4.39 Å². The van der Waals surface area contributed by atoms with Gasteiger partial charge in [0.2, 0.25) is 0 Å². The van der Waals surface area contributed by atoms with Crippen LogP contribution in [-0.2, 0) is 6.42 Å². The Labute approximate surface area is 201 Å². The molecule has 0 atom stereocenters. The molecule has 0 unspecified atom stereocenters. The van der Waals surface area contributed by atoms with E-state index in [2.05, 4.69) is 37.8 Å². The van der Waals surface area contributed by atoms with Crippen LogP contribution in [0.15, 0.2) is 60.5 Å². The van der Waals surface area contributed by atoms with Crippen molar-refractivity contribution in [2.24, 2.45) is 17.8 Å². The maximum Gasteiger partial charge on any atom is 0.199 e. The Kier molecular flexibility index (Phi) is 10.5. The van der Waals surface area contributed by atoms with E-state index in [-0.39, 0.29) is 0 Å². The van der Waals surface area contributed by atoms with Crippen molar-refractivity contribution in [1.29, 1.82) is 5.26 Å². The number of aryl methyl sites for hydroxylation is 1. The SMILES string of the molecule is C=C(C1CCC(CCC=CC=C(F)C#N)CC1)C1CCC(c2ccc(CCCC)cc2)CC1. The predicted molar refractivity (Wildman–Crippen MR) is 138 cm³/mol. The van der Waals surface area contributed by atoms with Crippen molar-refractivity contribution in [3.63, 3.8) is 0 Å². The van der Waals surface area contributed by atoms with E-state index >= 15 is 0 Å². The number of benzene rings is 1. The Morgan fingerprint density at radius 2 is 1.67 bits per heavy atom. The van der Waals surface area contributed by atoms with E-state index < -0.39 is 5.83 Å². The summed E-state index contributed by atoms with van der Waals surface area (Å²) in [7, 11) is 0. The number of hydrogen-bond donors (Lipinski definition) is 0. The minimum absolute atomic E-state index is 0.712. The van der Waals surface area contributed by atoms with Crippen LogP contribution in [0.5, 0.6) is 0 Å². The van der Waals surface area contributed by atoms with Crippen LogP contribution in [0.1, 0.15) is 101 Å². The lowest BCUT2D eigenvalue weighted by Gasteiger charge is -2.36. The maximum absolute atomic E-state index is 12.8. The number of allylic oxidation sites excluding steroid dienone is 5. The van der Waals surface area contributed by atoms with Gasteiger partial charge in [0.25, 0.3) is 0 Å². The largest absolute Gasteiger partial charge is 0.199 e. The van der Waals surface area contributed by atoms with Gasteiger partial charge in [-0.15, -0.1) is 0 Å². The fourth-order valence-corrected chi connectivity index (χ4v) is 5.91. The molecule has 0 bridgehead atoms. The molecule has 33 heavy (non-hydrogen) atoms. The average Bonchev–Trinajstić information content (AvgIpc) is 2.87. The quantitative estimate of drug-likeness (QED) is 0.199. The topological polar surface area (TPSA) is 23.8 Å². The van der Waals surface area contributed by atoms with Crippen LogP contribution in [0.2, 0.25) is 0 Å². The van der Waals surface area contributed by atoms with E-state index in [1.807, 2.05) is 6.08 Å². The third kappa shape index (κ3) is 7.99. The summed E-state index contributed by atoms with van der Waals surface area (Å²) in [5.41, 5.74) is 4.57. The Hall–Kier alpha value is -2.14. The van der Waals surface area contributed by atoms with Gasteiger partial charge in [0.1, 0.15) is 6.07 Å². The summed E-state index contributed by atoms with van der Waals surface area (Å²) in [6, 6.07) is 11.0. The highest BCUT2D eigenvalue weighted by atomic mass is 19.1. The molecule has 2 aliphatic carbocycles. The zero-order valence-electron chi connectivity index (χ0n) is 20.6. The highest BCUT2D eigenvalue weighted by molar-refractivity contribution is 5.26. The molecule has 2 heteroatoms. The highest BCUT2D eigenvalue weighted by Gasteiger charge is 2.29. The van der Waals surface area contributed by atoms with E-state index in [9.17, 15) is 4.39 Å². The normalized spacial score (nSPS) is 26.3. The summed E-state index contributed by atoms with van der Waals surface area (Å²) < 4.78 is 12.8. The Balaban J connectivity index is 1.37. The first kappa shape index (κ1) is 25.5.